The summed E-state index contributed by atoms with van der Waals surface area (Å²) in [6.45, 7) is 11.3. The van der Waals surface area contributed by atoms with E-state index in [0.717, 1.165) is 17.8 Å². The molecule has 0 atom stereocenters. The van der Waals surface area contributed by atoms with Gasteiger partial charge in [-0.3, -0.25) is 4.57 Å². The Labute approximate surface area is 216 Å². The van der Waals surface area contributed by atoms with E-state index in [0.29, 0.717) is 11.8 Å². The van der Waals surface area contributed by atoms with Crippen molar-refractivity contribution in [2.24, 2.45) is 0 Å². The van der Waals surface area contributed by atoms with Gasteiger partial charge in [0.15, 0.2) is 0 Å². The van der Waals surface area contributed by atoms with E-state index in [4.69, 9.17) is 0 Å². The number of hydrogen-bond donors (Lipinski definition) is 0. The lowest BCUT2D eigenvalue weighted by molar-refractivity contribution is 0.628. The maximum absolute atomic E-state index is 13.6. The van der Waals surface area contributed by atoms with E-state index in [1.54, 1.807) is 12.1 Å². The number of nitrogens with zero attached hydrogens (tertiary/aromatic N) is 2. The van der Waals surface area contributed by atoms with Gasteiger partial charge < -0.3 is 0 Å². The standard InChI is InChI=1S/C33H39FN2/c1-6-7-8-9-10-25-11-13-26(14-12-25)28-21-30(23(2)3)32(31(22-28)24(4)5)36-20-19-35-33(36)27-15-17-29(34)18-16-27/h11-24H,6-10H2,1-5H3. The fourth-order valence-electron chi connectivity index (χ4n) is 4.92. The van der Waals surface area contributed by atoms with Crippen LogP contribution in [0, 0.1) is 5.82 Å². The Morgan fingerprint density at radius 1 is 0.750 bits per heavy atom. The van der Waals surface area contributed by atoms with Gasteiger partial charge in [-0.05, 0) is 88.9 Å². The third kappa shape index (κ3) is 5.78. The van der Waals surface area contributed by atoms with Crippen LogP contribution in [0.3, 0.4) is 0 Å². The van der Waals surface area contributed by atoms with Crippen molar-refractivity contribution in [3.63, 3.8) is 0 Å². The molecule has 1 aromatic heterocycles. The molecule has 0 bridgehead atoms. The molecular weight excluding hydrogens is 443 g/mol. The summed E-state index contributed by atoms with van der Waals surface area (Å²) < 4.78 is 15.8. The lowest BCUT2D eigenvalue weighted by atomic mass is 9.88. The molecule has 1 heterocycles. The smallest absolute Gasteiger partial charge is 0.144 e. The van der Waals surface area contributed by atoms with Crippen molar-refractivity contribution in [3.05, 3.63) is 95.6 Å². The molecular formula is C33H39FN2. The van der Waals surface area contributed by atoms with Gasteiger partial charge in [0.25, 0.3) is 0 Å². The number of benzene rings is 3. The van der Waals surface area contributed by atoms with E-state index in [1.165, 1.54) is 71.3 Å². The molecule has 0 unspecified atom stereocenters. The van der Waals surface area contributed by atoms with Gasteiger partial charge in [0.2, 0.25) is 0 Å². The number of hydrogen-bond acceptors (Lipinski definition) is 1. The van der Waals surface area contributed by atoms with Crippen LogP contribution in [0.5, 0.6) is 0 Å². The number of aryl methyl sites for hydroxylation is 1. The van der Waals surface area contributed by atoms with Crippen LogP contribution in [0.25, 0.3) is 28.2 Å². The summed E-state index contributed by atoms with van der Waals surface area (Å²) in [5.41, 5.74) is 8.61. The lowest BCUT2D eigenvalue weighted by Gasteiger charge is -2.24. The highest BCUT2D eigenvalue weighted by molar-refractivity contribution is 5.71. The topological polar surface area (TPSA) is 17.8 Å². The van der Waals surface area contributed by atoms with Crippen molar-refractivity contribution in [1.29, 1.82) is 0 Å². The van der Waals surface area contributed by atoms with Gasteiger partial charge >= 0.3 is 0 Å². The first-order chi connectivity index (χ1) is 17.4. The van der Waals surface area contributed by atoms with Gasteiger partial charge in [-0.25, -0.2) is 9.37 Å². The van der Waals surface area contributed by atoms with E-state index in [-0.39, 0.29) is 5.82 Å². The minimum Gasteiger partial charge on any atom is -0.299 e. The van der Waals surface area contributed by atoms with Crippen LogP contribution in [0.4, 0.5) is 4.39 Å². The SMILES string of the molecule is CCCCCCc1ccc(-c2cc(C(C)C)c(-n3ccnc3-c3ccc(F)cc3)c(C(C)C)c2)cc1. The van der Waals surface area contributed by atoms with Crippen molar-refractivity contribution >= 4 is 0 Å². The summed E-state index contributed by atoms with van der Waals surface area (Å²) in [7, 11) is 0. The third-order valence-corrected chi connectivity index (χ3v) is 7.00. The highest BCUT2D eigenvalue weighted by Crippen LogP contribution is 2.38. The molecule has 0 saturated heterocycles. The summed E-state index contributed by atoms with van der Waals surface area (Å²) in [5.74, 6) is 1.26. The molecule has 188 valence electrons. The molecule has 0 amide bonds. The number of unbranched alkanes of at least 4 members (excludes halogenated alkanes) is 3. The predicted molar refractivity (Wildman–Crippen MR) is 150 cm³/mol. The molecule has 0 aliphatic rings. The van der Waals surface area contributed by atoms with Gasteiger partial charge in [-0.2, -0.15) is 0 Å². The van der Waals surface area contributed by atoms with E-state index >= 15 is 0 Å². The Bertz CT molecular complexity index is 1240. The molecule has 3 aromatic carbocycles. The Kier molecular flexibility index (Phi) is 8.40. The van der Waals surface area contributed by atoms with Gasteiger partial charge in [-0.1, -0.05) is 78.1 Å². The van der Waals surface area contributed by atoms with E-state index in [9.17, 15) is 4.39 Å². The lowest BCUT2D eigenvalue weighted by Crippen LogP contribution is -2.08. The fraction of sp³-hybridized carbons (Fsp3) is 0.364. The van der Waals surface area contributed by atoms with Crippen LogP contribution in [0.2, 0.25) is 0 Å². The van der Waals surface area contributed by atoms with Crippen molar-refractivity contribution in [2.75, 3.05) is 0 Å². The van der Waals surface area contributed by atoms with E-state index < -0.39 is 0 Å². The first kappa shape index (κ1) is 25.9. The quantitative estimate of drug-likeness (QED) is 0.206. The zero-order chi connectivity index (χ0) is 25.7. The highest BCUT2D eigenvalue weighted by atomic mass is 19.1. The van der Waals surface area contributed by atoms with E-state index in [1.807, 2.05) is 12.4 Å². The molecule has 0 spiro atoms. The molecule has 0 aliphatic carbocycles. The minimum absolute atomic E-state index is 0.237. The van der Waals surface area contributed by atoms with Crippen LogP contribution in [0.1, 0.15) is 88.8 Å². The second kappa shape index (κ2) is 11.7. The number of aromatic nitrogens is 2. The van der Waals surface area contributed by atoms with Crippen LogP contribution >= 0.6 is 0 Å². The Morgan fingerprint density at radius 3 is 1.94 bits per heavy atom. The van der Waals surface area contributed by atoms with Gasteiger partial charge in [0.05, 0.1) is 5.69 Å². The van der Waals surface area contributed by atoms with Gasteiger partial charge in [0.1, 0.15) is 11.6 Å². The van der Waals surface area contributed by atoms with Crippen molar-refractivity contribution in [1.82, 2.24) is 9.55 Å². The van der Waals surface area contributed by atoms with Crippen LogP contribution < -0.4 is 0 Å². The van der Waals surface area contributed by atoms with Crippen LogP contribution in [0.15, 0.2) is 73.1 Å². The zero-order valence-electron chi connectivity index (χ0n) is 22.4. The molecule has 0 aliphatic heterocycles. The summed E-state index contributed by atoms with van der Waals surface area (Å²) in [5, 5.41) is 0. The fourth-order valence-corrected chi connectivity index (χ4v) is 4.92. The van der Waals surface area contributed by atoms with Gasteiger partial charge in [0, 0.05) is 18.0 Å². The first-order valence-electron chi connectivity index (χ1n) is 13.5. The second-order valence-corrected chi connectivity index (χ2v) is 10.4. The number of halogens is 1. The monoisotopic (exact) mass is 482 g/mol. The second-order valence-electron chi connectivity index (χ2n) is 10.4. The first-order valence-corrected chi connectivity index (χ1v) is 13.5. The molecule has 4 aromatic rings. The Hall–Kier alpha value is -3.20. The number of imidazole rings is 1. The highest BCUT2D eigenvalue weighted by Gasteiger charge is 2.20. The summed E-state index contributed by atoms with van der Waals surface area (Å²) >= 11 is 0. The van der Waals surface area contributed by atoms with Crippen molar-refractivity contribution in [3.8, 4) is 28.2 Å². The summed E-state index contributed by atoms with van der Waals surface area (Å²) in [6, 6.07) is 20.4. The molecule has 0 radical (unpaired) electrons. The molecule has 3 heteroatoms. The maximum Gasteiger partial charge on any atom is 0.144 e. The Morgan fingerprint density at radius 2 is 1.36 bits per heavy atom. The molecule has 2 nitrogen and oxygen atoms in total. The van der Waals surface area contributed by atoms with Crippen LogP contribution in [-0.2, 0) is 6.42 Å². The molecule has 36 heavy (non-hydrogen) atoms. The van der Waals surface area contributed by atoms with Crippen molar-refractivity contribution < 1.29 is 4.39 Å². The molecule has 4 rings (SSSR count). The normalized spacial score (nSPS) is 11.6. The predicted octanol–water partition coefficient (Wildman–Crippen LogP) is 9.71. The minimum atomic E-state index is -0.237. The zero-order valence-corrected chi connectivity index (χ0v) is 22.4. The van der Waals surface area contributed by atoms with Gasteiger partial charge in [-0.15, -0.1) is 0 Å². The Balaban J connectivity index is 1.76. The average Bonchev–Trinajstić information content (AvgIpc) is 3.36. The average molecular weight is 483 g/mol. The summed E-state index contributed by atoms with van der Waals surface area (Å²) in [4.78, 5) is 4.66. The maximum atomic E-state index is 13.6. The van der Waals surface area contributed by atoms with Crippen LogP contribution in [-0.4, -0.2) is 9.55 Å². The molecule has 0 saturated carbocycles. The largest absolute Gasteiger partial charge is 0.299 e. The van der Waals surface area contributed by atoms with E-state index in [2.05, 4.69) is 80.6 Å². The summed E-state index contributed by atoms with van der Waals surface area (Å²) in [6.07, 6.45) is 10.2. The molecule has 0 fully saturated rings. The van der Waals surface area contributed by atoms with Crippen molar-refractivity contribution in [2.45, 2.75) is 78.6 Å². The number of rotatable bonds is 10. The third-order valence-electron chi connectivity index (χ3n) is 7.00. The molecule has 0 N–H and O–H groups in total.